The molecular formula is C21H24N4OS. The number of anilines is 1. The third-order valence-electron chi connectivity index (χ3n) is 4.52. The Morgan fingerprint density at radius 2 is 1.78 bits per heavy atom. The van der Waals surface area contributed by atoms with E-state index in [0.717, 1.165) is 34.3 Å². The van der Waals surface area contributed by atoms with Gasteiger partial charge in [-0.05, 0) is 38.5 Å². The van der Waals surface area contributed by atoms with E-state index in [2.05, 4.69) is 40.7 Å². The monoisotopic (exact) mass is 380 g/mol. The van der Waals surface area contributed by atoms with Crippen molar-refractivity contribution >= 4 is 23.4 Å². The van der Waals surface area contributed by atoms with Crippen molar-refractivity contribution in [3.05, 3.63) is 60.2 Å². The summed E-state index contributed by atoms with van der Waals surface area (Å²) in [5.41, 5.74) is 3.11. The zero-order valence-corrected chi connectivity index (χ0v) is 16.9. The van der Waals surface area contributed by atoms with Crippen molar-refractivity contribution in [1.82, 2.24) is 14.8 Å². The molecular weight excluding hydrogens is 356 g/mol. The summed E-state index contributed by atoms with van der Waals surface area (Å²) in [6.45, 7) is 6.79. The van der Waals surface area contributed by atoms with Crippen molar-refractivity contribution in [2.75, 3.05) is 11.9 Å². The van der Waals surface area contributed by atoms with E-state index in [4.69, 9.17) is 0 Å². The number of carbonyl (C=O) groups is 1. The van der Waals surface area contributed by atoms with Crippen LogP contribution in [0.3, 0.4) is 0 Å². The van der Waals surface area contributed by atoms with Crippen LogP contribution in [0.1, 0.15) is 19.4 Å². The Morgan fingerprint density at radius 1 is 1.11 bits per heavy atom. The second-order valence-electron chi connectivity index (χ2n) is 6.36. The summed E-state index contributed by atoms with van der Waals surface area (Å²) in [6, 6.07) is 17.8. The first-order chi connectivity index (χ1) is 13.0. The van der Waals surface area contributed by atoms with Gasteiger partial charge in [0.2, 0.25) is 5.91 Å². The molecule has 6 heteroatoms. The summed E-state index contributed by atoms with van der Waals surface area (Å²) in [4.78, 5) is 14.5. The highest BCUT2D eigenvalue weighted by molar-refractivity contribution is 8.00. The van der Waals surface area contributed by atoms with Crippen LogP contribution < -0.4 is 4.90 Å². The number of thioether (sulfide) groups is 1. The van der Waals surface area contributed by atoms with Gasteiger partial charge in [-0.15, -0.1) is 10.2 Å². The minimum Gasteiger partial charge on any atom is -0.315 e. The molecule has 0 saturated heterocycles. The molecule has 1 atom stereocenters. The molecule has 0 N–H and O–H groups in total. The van der Waals surface area contributed by atoms with Crippen LogP contribution in [0.25, 0.3) is 11.4 Å². The van der Waals surface area contributed by atoms with Crippen LogP contribution in [-0.4, -0.2) is 33.0 Å². The van der Waals surface area contributed by atoms with E-state index in [9.17, 15) is 4.79 Å². The largest absolute Gasteiger partial charge is 0.315 e. The van der Waals surface area contributed by atoms with Gasteiger partial charge < -0.3 is 9.47 Å². The topological polar surface area (TPSA) is 51.0 Å². The number of para-hydroxylation sites is 1. The molecule has 1 heterocycles. The number of aromatic nitrogens is 3. The van der Waals surface area contributed by atoms with Crippen molar-refractivity contribution < 1.29 is 4.79 Å². The summed E-state index contributed by atoms with van der Waals surface area (Å²) in [6.07, 6.45) is 0. The molecule has 2 aromatic carbocycles. The molecule has 0 bridgehead atoms. The number of rotatable bonds is 6. The highest BCUT2D eigenvalue weighted by atomic mass is 32.2. The number of amides is 1. The van der Waals surface area contributed by atoms with Crippen LogP contribution in [0.5, 0.6) is 0 Å². The fourth-order valence-corrected chi connectivity index (χ4v) is 3.95. The maximum atomic E-state index is 12.8. The highest BCUT2D eigenvalue weighted by Crippen LogP contribution is 2.29. The lowest BCUT2D eigenvalue weighted by Crippen LogP contribution is -2.33. The fraction of sp³-hybridized carbons (Fsp3) is 0.286. The van der Waals surface area contributed by atoms with Crippen molar-refractivity contribution in [3.8, 4) is 11.4 Å². The Morgan fingerprint density at radius 3 is 2.44 bits per heavy atom. The Balaban J connectivity index is 1.81. The van der Waals surface area contributed by atoms with E-state index in [1.54, 1.807) is 11.9 Å². The van der Waals surface area contributed by atoms with Gasteiger partial charge in [0.25, 0.3) is 0 Å². The summed E-state index contributed by atoms with van der Waals surface area (Å²) in [7, 11) is 1.80. The average Bonchev–Trinajstić information content (AvgIpc) is 3.10. The normalized spacial score (nSPS) is 12.0. The third-order valence-corrected chi connectivity index (χ3v) is 5.59. The van der Waals surface area contributed by atoms with Crippen LogP contribution in [0.2, 0.25) is 0 Å². The van der Waals surface area contributed by atoms with Gasteiger partial charge in [-0.2, -0.15) is 0 Å². The lowest BCUT2D eigenvalue weighted by molar-refractivity contribution is -0.117. The molecule has 1 amide bonds. The molecule has 0 saturated carbocycles. The Hall–Kier alpha value is -2.60. The first kappa shape index (κ1) is 19.2. The summed E-state index contributed by atoms with van der Waals surface area (Å²) >= 11 is 1.45. The van der Waals surface area contributed by atoms with E-state index in [1.165, 1.54) is 11.8 Å². The zero-order valence-electron chi connectivity index (χ0n) is 16.1. The van der Waals surface area contributed by atoms with Crippen molar-refractivity contribution in [1.29, 1.82) is 0 Å². The zero-order chi connectivity index (χ0) is 19.4. The van der Waals surface area contributed by atoms with Crippen LogP contribution >= 0.6 is 11.8 Å². The minimum atomic E-state index is -0.269. The smallest absolute Gasteiger partial charge is 0.240 e. The minimum absolute atomic E-state index is 0.0364. The van der Waals surface area contributed by atoms with Crippen molar-refractivity contribution in [3.63, 3.8) is 0 Å². The molecule has 0 fully saturated rings. The lowest BCUT2D eigenvalue weighted by atomic mass is 10.1. The number of benzene rings is 2. The molecule has 1 aromatic heterocycles. The SMILES string of the molecule is CCn1c(S[C@H](C)C(=O)N(C)c2ccccc2)nnc1-c1ccccc1C. The van der Waals surface area contributed by atoms with Gasteiger partial charge in [-0.1, -0.05) is 54.2 Å². The number of nitrogens with zero attached hydrogens (tertiary/aromatic N) is 4. The number of hydrogen-bond acceptors (Lipinski definition) is 4. The van der Waals surface area contributed by atoms with Gasteiger partial charge in [-0.25, -0.2) is 0 Å². The molecule has 5 nitrogen and oxygen atoms in total. The van der Waals surface area contributed by atoms with Crippen LogP contribution in [-0.2, 0) is 11.3 Å². The van der Waals surface area contributed by atoms with Gasteiger partial charge in [-0.3, -0.25) is 4.79 Å². The van der Waals surface area contributed by atoms with Crippen LogP contribution in [0, 0.1) is 6.92 Å². The Labute approximate surface area is 164 Å². The summed E-state index contributed by atoms with van der Waals surface area (Å²) in [5, 5.41) is 9.26. The average molecular weight is 381 g/mol. The van der Waals surface area contributed by atoms with E-state index >= 15 is 0 Å². The van der Waals surface area contributed by atoms with Crippen molar-refractivity contribution in [2.45, 2.75) is 37.7 Å². The predicted octanol–water partition coefficient (Wildman–Crippen LogP) is 4.42. The van der Waals surface area contributed by atoms with Crippen molar-refractivity contribution in [2.24, 2.45) is 0 Å². The first-order valence-corrected chi connectivity index (χ1v) is 9.89. The molecule has 3 aromatic rings. The second kappa shape index (κ2) is 8.39. The van der Waals surface area contributed by atoms with Gasteiger partial charge in [0.05, 0.1) is 5.25 Å². The summed E-state index contributed by atoms with van der Waals surface area (Å²) in [5.74, 6) is 0.878. The maximum absolute atomic E-state index is 12.8. The Kier molecular flexibility index (Phi) is 5.96. The first-order valence-electron chi connectivity index (χ1n) is 9.01. The summed E-state index contributed by atoms with van der Waals surface area (Å²) < 4.78 is 2.07. The van der Waals surface area contributed by atoms with E-state index in [-0.39, 0.29) is 11.2 Å². The Bertz CT molecular complexity index is 923. The van der Waals surface area contributed by atoms with Gasteiger partial charge in [0.15, 0.2) is 11.0 Å². The van der Waals surface area contributed by atoms with Crippen LogP contribution in [0.15, 0.2) is 59.8 Å². The van der Waals surface area contributed by atoms with Gasteiger partial charge in [0, 0.05) is 24.8 Å². The van der Waals surface area contributed by atoms with Crippen LogP contribution in [0.4, 0.5) is 5.69 Å². The molecule has 3 rings (SSSR count). The lowest BCUT2D eigenvalue weighted by Gasteiger charge is -2.21. The second-order valence-corrected chi connectivity index (χ2v) is 7.67. The molecule has 27 heavy (non-hydrogen) atoms. The highest BCUT2D eigenvalue weighted by Gasteiger charge is 2.23. The van der Waals surface area contributed by atoms with Gasteiger partial charge in [0.1, 0.15) is 0 Å². The van der Waals surface area contributed by atoms with E-state index in [1.807, 2.05) is 49.4 Å². The molecule has 0 radical (unpaired) electrons. The predicted molar refractivity (Wildman–Crippen MR) is 111 cm³/mol. The maximum Gasteiger partial charge on any atom is 0.240 e. The fourth-order valence-electron chi connectivity index (χ4n) is 2.94. The van der Waals surface area contributed by atoms with Gasteiger partial charge >= 0.3 is 0 Å². The number of carbonyl (C=O) groups excluding carboxylic acids is 1. The van der Waals surface area contributed by atoms with E-state index in [0.29, 0.717) is 0 Å². The molecule has 140 valence electrons. The third kappa shape index (κ3) is 4.06. The standard InChI is InChI=1S/C21H24N4OS/c1-5-25-19(18-14-10-9-11-15(18)2)22-23-21(25)27-16(3)20(26)24(4)17-12-7-6-8-13-17/h6-14,16H,5H2,1-4H3/t16-/m1/s1. The molecule has 0 aliphatic rings. The molecule has 0 aliphatic heterocycles. The quantitative estimate of drug-likeness (QED) is 0.594. The molecule has 0 aliphatic carbocycles. The molecule has 0 unspecified atom stereocenters. The molecule has 0 spiro atoms. The number of aryl methyl sites for hydroxylation is 1. The number of hydrogen-bond donors (Lipinski definition) is 0. The van der Waals surface area contributed by atoms with E-state index < -0.39 is 0 Å².